The van der Waals surface area contributed by atoms with Crippen molar-refractivity contribution >= 4 is 34.0 Å². The van der Waals surface area contributed by atoms with Gasteiger partial charge in [0.15, 0.2) is 5.82 Å². The molecule has 0 aliphatic carbocycles. The highest BCUT2D eigenvalue weighted by Crippen LogP contribution is 2.37. The number of hydrogen-bond acceptors (Lipinski definition) is 4. The minimum absolute atomic E-state index is 0.675. The van der Waals surface area contributed by atoms with Crippen LogP contribution in [0.25, 0.3) is 79.2 Å². The second-order valence-corrected chi connectivity index (χ2v) is 9.88. The second-order valence-electron chi connectivity index (χ2n) is 9.88. The van der Waals surface area contributed by atoms with Crippen molar-refractivity contribution in [1.29, 1.82) is 0 Å². The van der Waals surface area contributed by atoms with Gasteiger partial charge in [0.05, 0.1) is 33.4 Å². The largest absolute Gasteiger partial charge is 0.456 e. The highest BCUT2D eigenvalue weighted by Gasteiger charge is 2.20. The number of fused-ring (bicyclic) bond motifs is 3. The molecule has 0 spiro atoms. The first-order chi connectivity index (χ1) is 20.2. The third-order valence-corrected chi connectivity index (χ3v) is 7.41. The number of hydrogen-bond donors (Lipinski definition) is 0. The topological polar surface area (TPSA) is 51.8 Å². The zero-order valence-electron chi connectivity index (χ0n) is 22.9. The number of furan rings is 1. The Morgan fingerprint density at radius 2 is 1.20 bits per heavy atom. The van der Waals surface area contributed by atoms with Crippen LogP contribution in [0.3, 0.4) is 0 Å². The molecule has 0 bridgehead atoms. The number of nitrogens with zero attached hydrogens (tertiary/aromatic N) is 3. The van der Waals surface area contributed by atoms with Crippen LogP contribution in [0.15, 0.2) is 120 Å². The van der Waals surface area contributed by atoms with E-state index in [0.717, 1.165) is 71.8 Å². The van der Waals surface area contributed by atoms with Crippen molar-refractivity contribution in [2.45, 2.75) is 13.8 Å². The Bertz CT molecular complexity index is 2090. The number of aromatic nitrogens is 3. The van der Waals surface area contributed by atoms with Crippen LogP contribution in [0.1, 0.15) is 13.8 Å². The van der Waals surface area contributed by atoms with E-state index in [-0.39, 0.29) is 0 Å². The van der Waals surface area contributed by atoms with Gasteiger partial charge in [-0.2, -0.15) is 0 Å². The van der Waals surface area contributed by atoms with Crippen LogP contribution in [0.4, 0.5) is 0 Å². The quantitative estimate of drug-likeness (QED) is 0.232. The maximum atomic E-state index is 6.64. The molecule has 0 aliphatic rings. The summed E-state index contributed by atoms with van der Waals surface area (Å²) in [7, 11) is 0. The lowest BCUT2D eigenvalue weighted by Gasteiger charge is -2.12. The van der Waals surface area contributed by atoms with Gasteiger partial charge in [0.25, 0.3) is 0 Å². The van der Waals surface area contributed by atoms with Crippen molar-refractivity contribution in [3.05, 3.63) is 126 Å². The molecule has 0 unspecified atom stereocenters. The van der Waals surface area contributed by atoms with Crippen LogP contribution < -0.4 is 10.6 Å². The van der Waals surface area contributed by atoms with Crippen LogP contribution in [0, 0.1) is 0 Å². The Hall–Kier alpha value is -5.35. The molecule has 4 aromatic carbocycles. The monoisotopic (exact) mass is 529 g/mol. The van der Waals surface area contributed by atoms with Crippen molar-refractivity contribution < 1.29 is 4.42 Å². The molecule has 0 atom stereocenters. The third-order valence-electron chi connectivity index (χ3n) is 7.41. The maximum absolute atomic E-state index is 6.64. The summed E-state index contributed by atoms with van der Waals surface area (Å²) in [4.78, 5) is 15.3. The second kappa shape index (κ2) is 10.3. The van der Waals surface area contributed by atoms with Gasteiger partial charge in [0.2, 0.25) is 0 Å². The van der Waals surface area contributed by atoms with Crippen LogP contribution in [0.2, 0.25) is 0 Å². The summed E-state index contributed by atoms with van der Waals surface area (Å²) >= 11 is 0. The van der Waals surface area contributed by atoms with E-state index in [1.165, 1.54) is 0 Å². The van der Waals surface area contributed by atoms with E-state index in [2.05, 4.69) is 48.5 Å². The highest BCUT2D eigenvalue weighted by atomic mass is 16.3. The minimum atomic E-state index is 0.675. The molecular formula is C37H27N3O. The van der Waals surface area contributed by atoms with E-state index in [1.54, 1.807) is 0 Å². The summed E-state index contributed by atoms with van der Waals surface area (Å²) in [5, 5.41) is 2.99. The number of rotatable bonds is 4. The molecule has 7 aromatic rings. The van der Waals surface area contributed by atoms with Gasteiger partial charge in [0.1, 0.15) is 11.0 Å². The molecular weight excluding hydrogens is 502 g/mol. The van der Waals surface area contributed by atoms with E-state index in [0.29, 0.717) is 5.82 Å². The molecule has 4 heteroatoms. The van der Waals surface area contributed by atoms with Gasteiger partial charge in [-0.05, 0) is 32.1 Å². The van der Waals surface area contributed by atoms with Crippen molar-refractivity contribution in [2.24, 2.45) is 0 Å². The normalized spacial score (nSPS) is 12.4. The van der Waals surface area contributed by atoms with Crippen molar-refractivity contribution in [1.82, 2.24) is 15.0 Å². The Labute approximate surface area is 238 Å². The molecule has 0 N–H and O–H groups in total. The van der Waals surface area contributed by atoms with Gasteiger partial charge < -0.3 is 4.42 Å². The zero-order chi connectivity index (χ0) is 27.8. The van der Waals surface area contributed by atoms with Crippen LogP contribution >= 0.6 is 0 Å². The van der Waals surface area contributed by atoms with Crippen molar-refractivity contribution in [3.8, 4) is 45.2 Å². The van der Waals surface area contributed by atoms with Gasteiger partial charge >= 0.3 is 0 Å². The SMILES string of the molecule is C/C=c1\c(=C/C)oc2c1c(-c1ccccc1)nc1cccc(-c3cc(-c4ccccc4)nc(-c4ccccc4)n3)c12. The summed E-state index contributed by atoms with van der Waals surface area (Å²) in [6, 6.07) is 38.9. The first-order valence-corrected chi connectivity index (χ1v) is 13.8. The fraction of sp³-hybridized carbons (Fsp3) is 0.0541. The Balaban J connectivity index is 1.59. The van der Waals surface area contributed by atoms with Gasteiger partial charge in [-0.3, -0.25) is 0 Å². The van der Waals surface area contributed by atoms with Crippen molar-refractivity contribution in [3.63, 3.8) is 0 Å². The fourth-order valence-corrected chi connectivity index (χ4v) is 5.50. The molecule has 0 radical (unpaired) electrons. The molecule has 0 aliphatic heterocycles. The average Bonchev–Trinajstić information content (AvgIpc) is 3.44. The summed E-state index contributed by atoms with van der Waals surface area (Å²) in [6.45, 7) is 4.05. The Morgan fingerprint density at radius 3 is 1.85 bits per heavy atom. The van der Waals surface area contributed by atoms with E-state index >= 15 is 0 Å². The fourth-order valence-electron chi connectivity index (χ4n) is 5.50. The standard InChI is InChI=1S/C37H27N3O/c1-3-27-32(4-2)41-36-33-28(21-14-22-29(33)38-35(34(27)36)25-17-10-6-11-18-25)31-23-30(24-15-8-5-9-16-24)39-37(40-31)26-19-12-7-13-20-26/h3-23H,1-2H3/b27-3+,32-4+. The van der Waals surface area contributed by atoms with Crippen LogP contribution in [-0.2, 0) is 0 Å². The molecule has 7 rings (SSSR count). The van der Waals surface area contributed by atoms with Gasteiger partial charge in [0, 0.05) is 27.5 Å². The maximum Gasteiger partial charge on any atom is 0.160 e. The van der Waals surface area contributed by atoms with Crippen molar-refractivity contribution in [2.75, 3.05) is 0 Å². The number of pyridine rings is 1. The van der Waals surface area contributed by atoms with Gasteiger partial charge in [-0.15, -0.1) is 0 Å². The summed E-state index contributed by atoms with van der Waals surface area (Å²) in [5.41, 5.74) is 9.10. The predicted molar refractivity (Wildman–Crippen MR) is 168 cm³/mol. The first kappa shape index (κ1) is 24.7. The Kier molecular flexibility index (Phi) is 6.21. The molecule has 3 heterocycles. The molecule has 196 valence electrons. The minimum Gasteiger partial charge on any atom is -0.456 e. The first-order valence-electron chi connectivity index (χ1n) is 13.8. The van der Waals surface area contributed by atoms with E-state index in [9.17, 15) is 0 Å². The summed E-state index contributed by atoms with van der Waals surface area (Å²) < 4.78 is 6.64. The predicted octanol–water partition coefficient (Wildman–Crippen LogP) is 8.04. The van der Waals surface area contributed by atoms with Crippen LogP contribution in [-0.4, -0.2) is 15.0 Å². The lowest BCUT2D eigenvalue weighted by Crippen LogP contribution is -2.19. The molecule has 0 fully saturated rings. The number of benzene rings is 4. The molecule has 0 amide bonds. The van der Waals surface area contributed by atoms with Gasteiger partial charge in [-0.1, -0.05) is 109 Å². The third kappa shape index (κ3) is 4.30. The van der Waals surface area contributed by atoms with Crippen LogP contribution in [0.5, 0.6) is 0 Å². The Morgan fingerprint density at radius 1 is 0.561 bits per heavy atom. The summed E-state index contributed by atoms with van der Waals surface area (Å²) in [6.07, 6.45) is 4.12. The average molecular weight is 530 g/mol. The molecule has 0 saturated heterocycles. The highest BCUT2D eigenvalue weighted by molar-refractivity contribution is 6.14. The van der Waals surface area contributed by atoms with E-state index in [4.69, 9.17) is 19.4 Å². The van der Waals surface area contributed by atoms with E-state index < -0.39 is 0 Å². The summed E-state index contributed by atoms with van der Waals surface area (Å²) in [5.74, 6) is 0.675. The molecule has 3 aromatic heterocycles. The smallest absolute Gasteiger partial charge is 0.160 e. The lowest BCUT2D eigenvalue weighted by molar-refractivity contribution is 0.577. The molecule has 41 heavy (non-hydrogen) atoms. The lowest BCUT2D eigenvalue weighted by atomic mass is 9.98. The molecule has 4 nitrogen and oxygen atoms in total. The van der Waals surface area contributed by atoms with Gasteiger partial charge in [-0.25, -0.2) is 15.0 Å². The zero-order valence-corrected chi connectivity index (χ0v) is 22.9. The molecule has 0 saturated carbocycles. The van der Waals surface area contributed by atoms with E-state index in [1.807, 2.05) is 92.7 Å².